The number of aromatic nitrogens is 2. The van der Waals surface area contributed by atoms with Crippen molar-refractivity contribution in [1.82, 2.24) is 9.78 Å². The Labute approximate surface area is 108 Å². The van der Waals surface area contributed by atoms with Crippen LogP contribution < -0.4 is 0 Å². The van der Waals surface area contributed by atoms with Gasteiger partial charge < -0.3 is 5.11 Å². The topological polar surface area (TPSA) is 55.1 Å². The van der Waals surface area contributed by atoms with Crippen molar-refractivity contribution < 1.29 is 9.90 Å². The molecule has 0 saturated heterocycles. The first-order chi connectivity index (χ1) is 8.63. The van der Waals surface area contributed by atoms with E-state index >= 15 is 0 Å². The number of carboxylic acids is 1. The Morgan fingerprint density at radius 1 is 1.56 bits per heavy atom. The molecule has 4 nitrogen and oxygen atoms in total. The highest BCUT2D eigenvalue weighted by Crippen LogP contribution is 2.42. The molecule has 1 aromatic heterocycles. The van der Waals surface area contributed by atoms with Crippen molar-refractivity contribution in [2.45, 2.75) is 44.9 Å². The van der Waals surface area contributed by atoms with Gasteiger partial charge in [0.25, 0.3) is 0 Å². The minimum absolute atomic E-state index is 0.125. The van der Waals surface area contributed by atoms with Crippen molar-refractivity contribution in [1.29, 1.82) is 0 Å². The second kappa shape index (κ2) is 5.55. The van der Waals surface area contributed by atoms with Crippen molar-refractivity contribution in [3.63, 3.8) is 0 Å². The molecule has 0 radical (unpaired) electrons. The van der Waals surface area contributed by atoms with Crippen molar-refractivity contribution in [3.05, 3.63) is 18.0 Å². The van der Waals surface area contributed by atoms with E-state index in [0.717, 1.165) is 25.0 Å². The van der Waals surface area contributed by atoms with Gasteiger partial charge in [-0.3, -0.25) is 9.48 Å². The zero-order valence-corrected chi connectivity index (χ0v) is 11.2. The molecule has 0 aromatic carbocycles. The van der Waals surface area contributed by atoms with Crippen LogP contribution in [0.3, 0.4) is 0 Å². The average Bonchev–Trinajstić information content (AvgIpc) is 2.75. The van der Waals surface area contributed by atoms with E-state index in [2.05, 4.69) is 12.0 Å². The van der Waals surface area contributed by atoms with Crippen LogP contribution in [0.1, 0.15) is 50.6 Å². The SMILES string of the molecule is CCCC1CCC(C(=O)O)C(c2ccnn2C)C1. The Kier molecular flexibility index (Phi) is 4.04. The predicted octanol–water partition coefficient (Wildman–Crippen LogP) is 2.80. The van der Waals surface area contributed by atoms with E-state index in [9.17, 15) is 9.90 Å². The molecule has 0 spiro atoms. The highest BCUT2D eigenvalue weighted by atomic mass is 16.4. The lowest BCUT2D eigenvalue weighted by atomic mass is 9.71. The Morgan fingerprint density at radius 2 is 2.33 bits per heavy atom. The Morgan fingerprint density at radius 3 is 2.89 bits per heavy atom. The van der Waals surface area contributed by atoms with Gasteiger partial charge in [0.1, 0.15) is 0 Å². The molecule has 3 unspecified atom stereocenters. The van der Waals surface area contributed by atoms with E-state index in [1.54, 1.807) is 6.20 Å². The van der Waals surface area contributed by atoms with Crippen LogP contribution in [0.2, 0.25) is 0 Å². The molecule has 0 bridgehead atoms. The Hall–Kier alpha value is -1.32. The van der Waals surface area contributed by atoms with E-state index in [0.29, 0.717) is 5.92 Å². The molecule has 1 aromatic rings. The van der Waals surface area contributed by atoms with Crippen molar-refractivity contribution in [3.8, 4) is 0 Å². The summed E-state index contributed by atoms with van der Waals surface area (Å²) in [4.78, 5) is 11.4. The summed E-state index contributed by atoms with van der Waals surface area (Å²) >= 11 is 0. The number of nitrogens with zero attached hydrogens (tertiary/aromatic N) is 2. The lowest BCUT2D eigenvalue weighted by Crippen LogP contribution is -2.30. The number of aliphatic carboxylic acids is 1. The van der Waals surface area contributed by atoms with E-state index in [4.69, 9.17) is 0 Å². The van der Waals surface area contributed by atoms with Gasteiger partial charge in [-0.2, -0.15) is 5.10 Å². The van der Waals surface area contributed by atoms with Gasteiger partial charge in [0.05, 0.1) is 5.92 Å². The normalized spacial score (nSPS) is 28.2. The maximum absolute atomic E-state index is 11.4. The summed E-state index contributed by atoms with van der Waals surface area (Å²) in [6.07, 6.45) is 7.00. The van der Waals surface area contributed by atoms with Crippen molar-refractivity contribution in [2.24, 2.45) is 18.9 Å². The van der Waals surface area contributed by atoms with Gasteiger partial charge in [0.15, 0.2) is 0 Å². The second-order valence-electron chi connectivity index (χ2n) is 5.40. The van der Waals surface area contributed by atoms with Crippen LogP contribution >= 0.6 is 0 Å². The van der Waals surface area contributed by atoms with E-state index in [-0.39, 0.29) is 11.8 Å². The zero-order chi connectivity index (χ0) is 13.1. The second-order valence-corrected chi connectivity index (χ2v) is 5.40. The van der Waals surface area contributed by atoms with Gasteiger partial charge in [-0.15, -0.1) is 0 Å². The van der Waals surface area contributed by atoms with Gasteiger partial charge in [-0.1, -0.05) is 19.8 Å². The molecule has 0 aliphatic heterocycles. The quantitative estimate of drug-likeness (QED) is 0.894. The van der Waals surface area contributed by atoms with E-state index < -0.39 is 5.97 Å². The van der Waals surface area contributed by atoms with Crippen LogP contribution in [-0.4, -0.2) is 20.9 Å². The number of rotatable bonds is 4. The number of hydrogen-bond donors (Lipinski definition) is 1. The van der Waals surface area contributed by atoms with Crippen molar-refractivity contribution in [2.75, 3.05) is 0 Å². The van der Waals surface area contributed by atoms with Crippen LogP contribution in [0.5, 0.6) is 0 Å². The van der Waals surface area contributed by atoms with E-state index in [1.165, 1.54) is 12.8 Å². The molecule has 2 rings (SSSR count). The number of hydrogen-bond acceptors (Lipinski definition) is 2. The maximum Gasteiger partial charge on any atom is 0.307 e. The molecule has 0 amide bonds. The Bertz CT molecular complexity index is 414. The first-order valence-electron chi connectivity index (χ1n) is 6.84. The fraction of sp³-hybridized carbons (Fsp3) is 0.714. The molecule has 4 heteroatoms. The van der Waals surface area contributed by atoms with Gasteiger partial charge >= 0.3 is 5.97 Å². The smallest absolute Gasteiger partial charge is 0.307 e. The predicted molar refractivity (Wildman–Crippen MR) is 69.3 cm³/mol. The third kappa shape index (κ3) is 2.57. The van der Waals surface area contributed by atoms with Crippen LogP contribution in [0.15, 0.2) is 12.3 Å². The molecule has 1 N–H and O–H groups in total. The summed E-state index contributed by atoms with van der Waals surface area (Å²) in [7, 11) is 1.90. The highest BCUT2D eigenvalue weighted by Gasteiger charge is 2.36. The summed E-state index contributed by atoms with van der Waals surface area (Å²) in [5.74, 6) is -0.101. The monoisotopic (exact) mass is 250 g/mol. The van der Waals surface area contributed by atoms with Gasteiger partial charge in [0.2, 0.25) is 0 Å². The van der Waals surface area contributed by atoms with E-state index in [1.807, 2.05) is 17.8 Å². The standard InChI is InChI=1S/C14H22N2O2/c1-3-4-10-5-6-11(14(17)18)12(9-10)13-7-8-15-16(13)2/h7-8,10-12H,3-6,9H2,1-2H3,(H,17,18). The molecule has 1 heterocycles. The first kappa shape index (κ1) is 13.1. The summed E-state index contributed by atoms with van der Waals surface area (Å²) in [6.45, 7) is 2.20. The van der Waals surface area contributed by atoms with Crippen LogP contribution in [0, 0.1) is 11.8 Å². The summed E-state index contributed by atoms with van der Waals surface area (Å²) < 4.78 is 1.83. The average molecular weight is 250 g/mol. The molecular formula is C14H22N2O2. The third-order valence-corrected chi connectivity index (χ3v) is 4.21. The molecule has 1 saturated carbocycles. The largest absolute Gasteiger partial charge is 0.481 e. The van der Waals surface area contributed by atoms with Gasteiger partial charge in [0, 0.05) is 24.9 Å². The van der Waals surface area contributed by atoms with Crippen LogP contribution in [0.25, 0.3) is 0 Å². The van der Waals surface area contributed by atoms with Crippen molar-refractivity contribution >= 4 is 5.97 Å². The summed E-state index contributed by atoms with van der Waals surface area (Å²) in [6, 6.07) is 1.97. The number of carbonyl (C=O) groups is 1. The van der Waals surface area contributed by atoms with Crippen LogP contribution in [-0.2, 0) is 11.8 Å². The zero-order valence-electron chi connectivity index (χ0n) is 11.2. The van der Waals surface area contributed by atoms with Crippen LogP contribution in [0.4, 0.5) is 0 Å². The molecule has 1 fully saturated rings. The summed E-state index contributed by atoms with van der Waals surface area (Å²) in [5.41, 5.74) is 1.07. The molecule has 1 aliphatic rings. The molecular weight excluding hydrogens is 228 g/mol. The maximum atomic E-state index is 11.4. The Balaban J connectivity index is 2.20. The fourth-order valence-electron chi connectivity index (χ4n) is 3.30. The summed E-state index contributed by atoms with van der Waals surface area (Å²) in [5, 5.41) is 13.6. The third-order valence-electron chi connectivity index (χ3n) is 4.21. The fourth-order valence-corrected chi connectivity index (χ4v) is 3.30. The number of carboxylic acid groups (broad SMARTS) is 1. The van der Waals surface area contributed by atoms with Gasteiger partial charge in [-0.25, -0.2) is 0 Å². The molecule has 100 valence electrons. The molecule has 18 heavy (non-hydrogen) atoms. The first-order valence-corrected chi connectivity index (χ1v) is 6.84. The van der Waals surface area contributed by atoms with Gasteiger partial charge in [-0.05, 0) is 31.2 Å². The molecule has 1 aliphatic carbocycles. The molecule has 3 atom stereocenters. The minimum atomic E-state index is -0.656. The highest BCUT2D eigenvalue weighted by molar-refractivity contribution is 5.71. The minimum Gasteiger partial charge on any atom is -0.481 e. The number of aryl methyl sites for hydroxylation is 1. The lowest BCUT2D eigenvalue weighted by Gasteiger charge is -2.34. The lowest BCUT2D eigenvalue weighted by molar-refractivity contribution is -0.144.